The van der Waals surface area contributed by atoms with Crippen LogP contribution in [0.4, 0.5) is 22.0 Å². The number of hydrogen-bond donors (Lipinski definition) is 2. The van der Waals surface area contributed by atoms with Crippen molar-refractivity contribution in [2.45, 2.75) is 38.2 Å². The molecule has 0 bridgehead atoms. The molecule has 2 aromatic rings. The minimum absolute atomic E-state index is 0.0704. The van der Waals surface area contributed by atoms with Gasteiger partial charge in [-0.05, 0) is 45.0 Å². The van der Waals surface area contributed by atoms with E-state index >= 15 is 0 Å². The van der Waals surface area contributed by atoms with Crippen molar-refractivity contribution in [3.63, 3.8) is 0 Å². The highest BCUT2D eigenvalue weighted by molar-refractivity contribution is 6.08. The van der Waals surface area contributed by atoms with Gasteiger partial charge in [-0.25, -0.2) is 14.8 Å². The molecule has 1 aromatic carbocycles. The lowest BCUT2D eigenvalue weighted by Crippen LogP contribution is -2.68. The van der Waals surface area contributed by atoms with E-state index < -0.39 is 11.3 Å². The van der Waals surface area contributed by atoms with Gasteiger partial charge < -0.3 is 34.6 Å². The number of benzene rings is 1. The van der Waals surface area contributed by atoms with Crippen molar-refractivity contribution < 1.29 is 23.8 Å². The van der Waals surface area contributed by atoms with Crippen LogP contribution in [0.1, 0.15) is 20.8 Å². The maximum atomic E-state index is 13.7. The van der Waals surface area contributed by atoms with Crippen LogP contribution in [0, 0.1) is 0 Å². The van der Waals surface area contributed by atoms with E-state index in [1.807, 2.05) is 37.8 Å². The number of morpholine rings is 1. The van der Waals surface area contributed by atoms with Crippen molar-refractivity contribution in [3.05, 3.63) is 30.5 Å². The number of nitrogens with zero attached hydrogens (tertiary/aromatic N) is 4. The SMILES string of the molecule is CNC(=O)Nc1ccc(-c2ncc3c(n2)N2CCOCC2(C)C(=O)N3CC2COC(C)(C)O2)cc1. The van der Waals surface area contributed by atoms with Crippen LogP contribution in [0.3, 0.4) is 0 Å². The van der Waals surface area contributed by atoms with E-state index in [-0.39, 0.29) is 24.6 Å². The number of anilines is 3. The number of ether oxygens (including phenoxy) is 3. The Morgan fingerprint density at radius 2 is 2.00 bits per heavy atom. The molecule has 3 amide bonds. The molecule has 2 unspecified atom stereocenters. The summed E-state index contributed by atoms with van der Waals surface area (Å²) >= 11 is 0. The Morgan fingerprint density at radius 1 is 1.23 bits per heavy atom. The highest BCUT2D eigenvalue weighted by Gasteiger charge is 2.51. The molecule has 186 valence electrons. The Balaban J connectivity index is 1.49. The van der Waals surface area contributed by atoms with Crippen LogP contribution < -0.4 is 20.4 Å². The average molecular weight is 483 g/mol. The number of aromatic nitrogens is 2. The second kappa shape index (κ2) is 8.74. The first kappa shape index (κ1) is 23.5. The summed E-state index contributed by atoms with van der Waals surface area (Å²) < 4.78 is 17.4. The van der Waals surface area contributed by atoms with Gasteiger partial charge in [0.15, 0.2) is 17.4 Å². The van der Waals surface area contributed by atoms with E-state index in [1.54, 1.807) is 30.3 Å². The first-order chi connectivity index (χ1) is 16.7. The van der Waals surface area contributed by atoms with Crippen LogP contribution in [-0.2, 0) is 19.0 Å². The number of carbonyl (C=O) groups excluding carboxylic acids is 2. The topological polar surface area (TPSA) is 118 Å². The Labute approximate surface area is 203 Å². The Bertz CT molecular complexity index is 1140. The summed E-state index contributed by atoms with van der Waals surface area (Å²) in [6.45, 7) is 7.68. The third kappa shape index (κ3) is 4.30. The molecule has 11 nitrogen and oxygen atoms in total. The fraction of sp³-hybridized carbons (Fsp3) is 0.500. The number of urea groups is 1. The summed E-state index contributed by atoms with van der Waals surface area (Å²) in [5.41, 5.74) is 1.21. The molecule has 2 N–H and O–H groups in total. The molecule has 4 heterocycles. The molecule has 3 aliphatic rings. The molecule has 1 aromatic heterocycles. The molecule has 0 saturated carbocycles. The Kier molecular flexibility index (Phi) is 5.86. The summed E-state index contributed by atoms with van der Waals surface area (Å²) in [7, 11) is 1.56. The van der Waals surface area contributed by atoms with Gasteiger partial charge >= 0.3 is 6.03 Å². The summed E-state index contributed by atoms with van der Waals surface area (Å²) in [5, 5.41) is 5.26. The molecule has 3 aliphatic heterocycles. The molecule has 0 aliphatic carbocycles. The number of nitrogens with one attached hydrogen (secondary N) is 2. The zero-order valence-corrected chi connectivity index (χ0v) is 20.3. The predicted molar refractivity (Wildman–Crippen MR) is 129 cm³/mol. The zero-order valence-electron chi connectivity index (χ0n) is 20.3. The van der Waals surface area contributed by atoms with Gasteiger partial charge in [0.2, 0.25) is 0 Å². The van der Waals surface area contributed by atoms with Crippen LogP contribution in [0.25, 0.3) is 11.4 Å². The zero-order chi connectivity index (χ0) is 24.8. The number of fused-ring (bicyclic) bond motifs is 3. The van der Waals surface area contributed by atoms with Crippen molar-refractivity contribution in [2.24, 2.45) is 0 Å². The number of carbonyl (C=O) groups is 2. The van der Waals surface area contributed by atoms with Crippen molar-refractivity contribution in [3.8, 4) is 11.4 Å². The quantitative estimate of drug-likeness (QED) is 0.679. The molecule has 0 spiro atoms. The highest BCUT2D eigenvalue weighted by atomic mass is 16.7. The standard InChI is InChI=1S/C24H30N6O5/c1-23(2)34-13-17(35-23)12-29-18-11-26-19(15-5-7-16(8-6-15)27-22(32)25-4)28-20(18)30-9-10-33-14-24(30,3)21(29)31/h5-8,11,17H,9-10,12-14H2,1-4H3,(H2,25,27,32). The van der Waals surface area contributed by atoms with Crippen LogP contribution in [0.5, 0.6) is 0 Å². The molecule has 2 atom stereocenters. The number of rotatable bonds is 4. The van der Waals surface area contributed by atoms with Gasteiger partial charge in [0.25, 0.3) is 5.91 Å². The summed E-state index contributed by atoms with van der Waals surface area (Å²) in [6.07, 6.45) is 1.43. The Hall–Kier alpha value is -3.28. The third-order valence-corrected chi connectivity index (χ3v) is 6.52. The second-order valence-electron chi connectivity index (χ2n) is 9.53. The van der Waals surface area contributed by atoms with Gasteiger partial charge in [0, 0.05) is 24.8 Å². The van der Waals surface area contributed by atoms with Gasteiger partial charge in [-0.15, -0.1) is 0 Å². The van der Waals surface area contributed by atoms with Gasteiger partial charge in [-0.2, -0.15) is 0 Å². The number of amides is 3. The lowest BCUT2D eigenvalue weighted by Gasteiger charge is -2.50. The van der Waals surface area contributed by atoms with E-state index in [4.69, 9.17) is 19.2 Å². The van der Waals surface area contributed by atoms with E-state index in [9.17, 15) is 9.59 Å². The first-order valence-electron chi connectivity index (χ1n) is 11.7. The van der Waals surface area contributed by atoms with E-state index in [0.717, 1.165) is 5.56 Å². The number of hydrogen-bond acceptors (Lipinski definition) is 8. The minimum Gasteiger partial charge on any atom is -0.377 e. The molecule has 0 radical (unpaired) electrons. The van der Waals surface area contributed by atoms with Gasteiger partial charge in [0.1, 0.15) is 17.3 Å². The molecule has 2 saturated heterocycles. The van der Waals surface area contributed by atoms with Crippen LogP contribution in [-0.4, -0.2) is 79.3 Å². The molecule has 2 fully saturated rings. The fourth-order valence-corrected chi connectivity index (χ4v) is 4.70. The van der Waals surface area contributed by atoms with Crippen LogP contribution in [0.15, 0.2) is 30.5 Å². The molecule has 5 rings (SSSR count). The molecule has 35 heavy (non-hydrogen) atoms. The van der Waals surface area contributed by atoms with Gasteiger partial charge in [-0.3, -0.25) is 4.79 Å². The normalized spacial score (nSPS) is 25.1. The average Bonchev–Trinajstić information content (AvgIpc) is 3.20. The molecular weight excluding hydrogens is 452 g/mol. The summed E-state index contributed by atoms with van der Waals surface area (Å²) in [5.74, 6) is 0.458. The highest BCUT2D eigenvalue weighted by Crippen LogP contribution is 2.41. The monoisotopic (exact) mass is 482 g/mol. The van der Waals surface area contributed by atoms with Gasteiger partial charge in [0.05, 0.1) is 32.6 Å². The third-order valence-electron chi connectivity index (χ3n) is 6.52. The predicted octanol–water partition coefficient (Wildman–Crippen LogP) is 1.99. The van der Waals surface area contributed by atoms with Crippen LogP contribution in [0.2, 0.25) is 0 Å². The van der Waals surface area contributed by atoms with Crippen molar-refractivity contribution >= 4 is 29.1 Å². The largest absolute Gasteiger partial charge is 0.377 e. The van der Waals surface area contributed by atoms with Crippen LogP contribution >= 0.6 is 0 Å². The minimum atomic E-state index is -0.882. The van der Waals surface area contributed by atoms with E-state index in [1.165, 1.54) is 0 Å². The molecular formula is C24H30N6O5. The van der Waals surface area contributed by atoms with Crippen molar-refractivity contribution in [1.82, 2.24) is 15.3 Å². The van der Waals surface area contributed by atoms with Crippen molar-refractivity contribution in [2.75, 3.05) is 55.1 Å². The van der Waals surface area contributed by atoms with E-state index in [0.29, 0.717) is 49.3 Å². The lowest BCUT2D eigenvalue weighted by molar-refractivity contribution is -0.139. The summed E-state index contributed by atoms with van der Waals surface area (Å²) in [4.78, 5) is 38.5. The molecule has 11 heteroatoms. The summed E-state index contributed by atoms with van der Waals surface area (Å²) in [6, 6.07) is 6.99. The van der Waals surface area contributed by atoms with Gasteiger partial charge in [-0.1, -0.05) is 0 Å². The maximum absolute atomic E-state index is 13.7. The smallest absolute Gasteiger partial charge is 0.318 e. The van der Waals surface area contributed by atoms with Crippen molar-refractivity contribution in [1.29, 1.82) is 0 Å². The first-order valence-corrected chi connectivity index (χ1v) is 11.7. The van der Waals surface area contributed by atoms with E-state index in [2.05, 4.69) is 15.6 Å². The Morgan fingerprint density at radius 3 is 2.69 bits per heavy atom. The lowest BCUT2D eigenvalue weighted by atomic mass is 9.93. The fourth-order valence-electron chi connectivity index (χ4n) is 4.70. The maximum Gasteiger partial charge on any atom is 0.318 e. The second-order valence-corrected chi connectivity index (χ2v) is 9.53.